The standard InChI is InChI=1S/C10H20O2/c1-8-5-6-9(7-11-8)12-10(2,3)4/h8-9H,5-7H2,1-4H3/t8-,9?/m0/s1. The molecule has 2 atom stereocenters. The first-order valence-electron chi connectivity index (χ1n) is 4.77. The highest BCUT2D eigenvalue weighted by atomic mass is 16.6. The summed E-state index contributed by atoms with van der Waals surface area (Å²) in [5.41, 5.74) is -0.0331. The van der Waals surface area contributed by atoms with Gasteiger partial charge in [0, 0.05) is 0 Å². The van der Waals surface area contributed by atoms with Gasteiger partial charge in [-0.25, -0.2) is 0 Å². The summed E-state index contributed by atoms with van der Waals surface area (Å²) in [6, 6.07) is 0. The summed E-state index contributed by atoms with van der Waals surface area (Å²) in [7, 11) is 0. The maximum absolute atomic E-state index is 5.80. The van der Waals surface area contributed by atoms with Gasteiger partial charge in [0.15, 0.2) is 0 Å². The van der Waals surface area contributed by atoms with Crippen LogP contribution in [0.2, 0.25) is 0 Å². The lowest BCUT2D eigenvalue weighted by Crippen LogP contribution is -2.35. The highest BCUT2D eigenvalue weighted by Crippen LogP contribution is 2.20. The fourth-order valence-corrected chi connectivity index (χ4v) is 1.45. The van der Waals surface area contributed by atoms with Gasteiger partial charge in [-0.1, -0.05) is 0 Å². The van der Waals surface area contributed by atoms with Gasteiger partial charge in [0.05, 0.1) is 24.4 Å². The van der Waals surface area contributed by atoms with Gasteiger partial charge in [-0.05, 0) is 40.5 Å². The monoisotopic (exact) mass is 172 g/mol. The summed E-state index contributed by atoms with van der Waals surface area (Å²) < 4.78 is 11.3. The van der Waals surface area contributed by atoms with E-state index in [0.717, 1.165) is 19.4 Å². The molecule has 0 amide bonds. The van der Waals surface area contributed by atoms with E-state index >= 15 is 0 Å². The first-order valence-corrected chi connectivity index (χ1v) is 4.77. The zero-order chi connectivity index (χ0) is 9.19. The van der Waals surface area contributed by atoms with Crippen molar-refractivity contribution >= 4 is 0 Å². The fraction of sp³-hybridized carbons (Fsp3) is 1.00. The van der Waals surface area contributed by atoms with E-state index in [1.807, 2.05) is 0 Å². The molecule has 1 aliphatic heterocycles. The maximum Gasteiger partial charge on any atom is 0.0816 e. The van der Waals surface area contributed by atoms with E-state index in [-0.39, 0.29) is 5.60 Å². The second kappa shape index (κ2) is 3.75. The number of ether oxygens (including phenoxy) is 2. The van der Waals surface area contributed by atoms with Crippen LogP contribution in [0.1, 0.15) is 40.5 Å². The second-order valence-corrected chi connectivity index (χ2v) is 4.57. The molecule has 1 unspecified atom stereocenters. The lowest BCUT2D eigenvalue weighted by molar-refractivity contribution is -0.130. The van der Waals surface area contributed by atoms with Gasteiger partial charge in [-0.15, -0.1) is 0 Å². The van der Waals surface area contributed by atoms with Crippen LogP contribution in [0.15, 0.2) is 0 Å². The van der Waals surface area contributed by atoms with E-state index in [2.05, 4.69) is 27.7 Å². The molecule has 0 N–H and O–H groups in total. The topological polar surface area (TPSA) is 18.5 Å². The van der Waals surface area contributed by atoms with Crippen LogP contribution < -0.4 is 0 Å². The molecule has 0 bridgehead atoms. The molecule has 1 heterocycles. The van der Waals surface area contributed by atoms with Crippen LogP contribution in [0.3, 0.4) is 0 Å². The Morgan fingerprint density at radius 2 is 1.92 bits per heavy atom. The molecule has 1 rings (SSSR count). The molecule has 0 aromatic heterocycles. The van der Waals surface area contributed by atoms with Crippen molar-refractivity contribution in [3.63, 3.8) is 0 Å². The first kappa shape index (κ1) is 10.0. The van der Waals surface area contributed by atoms with Crippen molar-refractivity contribution in [2.24, 2.45) is 0 Å². The van der Waals surface area contributed by atoms with Gasteiger partial charge in [0.2, 0.25) is 0 Å². The van der Waals surface area contributed by atoms with Crippen LogP contribution in [0.5, 0.6) is 0 Å². The molecule has 0 aromatic rings. The minimum atomic E-state index is -0.0331. The molecule has 0 spiro atoms. The molecule has 0 aliphatic carbocycles. The van der Waals surface area contributed by atoms with Crippen molar-refractivity contribution in [3.8, 4) is 0 Å². The molecule has 1 aliphatic rings. The zero-order valence-corrected chi connectivity index (χ0v) is 8.59. The van der Waals surface area contributed by atoms with Gasteiger partial charge >= 0.3 is 0 Å². The summed E-state index contributed by atoms with van der Waals surface area (Å²) in [4.78, 5) is 0. The third kappa shape index (κ3) is 3.55. The zero-order valence-electron chi connectivity index (χ0n) is 8.59. The van der Waals surface area contributed by atoms with Crippen molar-refractivity contribution in [3.05, 3.63) is 0 Å². The third-order valence-electron chi connectivity index (χ3n) is 1.98. The minimum Gasteiger partial charge on any atom is -0.376 e. The molecule has 12 heavy (non-hydrogen) atoms. The summed E-state index contributed by atoms with van der Waals surface area (Å²) in [6.45, 7) is 9.15. The Labute approximate surface area is 75.2 Å². The van der Waals surface area contributed by atoms with Crippen molar-refractivity contribution < 1.29 is 9.47 Å². The minimum absolute atomic E-state index is 0.0331. The predicted octanol–water partition coefficient (Wildman–Crippen LogP) is 2.37. The van der Waals surface area contributed by atoms with Crippen LogP contribution in [-0.2, 0) is 9.47 Å². The normalized spacial score (nSPS) is 32.0. The molecule has 1 saturated heterocycles. The molecule has 2 heteroatoms. The van der Waals surface area contributed by atoms with Crippen LogP contribution in [-0.4, -0.2) is 24.4 Å². The van der Waals surface area contributed by atoms with Gasteiger partial charge in [-0.3, -0.25) is 0 Å². The highest BCUT2D eigenvalue weighted by Gasteiger charge is 2.23. The quantitative estimate of drug-likeness (QED) is 0.604. The Hall–Kier alpha value is -0.0800. The van der Waals surface area contributed by atoms with E-state index in [0.29, 0.717) is 12.2 Å². The van der Waals surface area contributed by atoms with Gasteiger partial charge in [0.1, 0.15) is 0 Å². The Bertz CT molecular complexity index is 129. The Morgan fingerprint density at radius 3 is 2.33 bits per heavy atom. The van der Waals surface area contributed by atoms with E-state index in [9.17, 15) is 0 Å². The van der Waals surface area contributed by atoms with Gasteiger partial charge in [-0.2, -0.15) is 0 Å². The Balaban J connectivity index is 2.26. The molecule has 72 valence electrons. The van der Waals surface area contributed by atoms with E-state index in [4.69, 9.17) is 9.47 Å². The number of rotatable bonds is 1. The average molecular weight is 172 g/mol. The largest absolute Gasteiger partial charge is 0.376 e. The van der Waals surface area contributed by atoms with E-state index < -0.39 is 0 Å². The lowest BCUT2D eigenvalue weighted by Gasteiger charge is -2.32. The lowest BCUT2D eigenvalue weighted by atomic mass is 10.1. The average Bonchev–Trinajstić information content (AvgIpc) is 1.91. The second-order valence-electron chi connectivity index (χ2n) is 4.57. The smallest absolute Gasteiger partial charge is 0.0816 e. The van der Waals surface area contributed by atoms with Crippen LogP contribution in [0.4, 0.5) is 0 Å². The number of hydrogen-bond acceptors (Lipinski definition) is 2. The molecular weight excluding hydrogens is 152 g/mol. The van der Waals surface area contributed by atoms with Crippen molar-refractivity contribution in [2.45, 2.75) is 58.3 Å². The Kier molecular flexibility index (Phi) is 3.13. The summed E-state index contributed by atoms with van der Waals surface area (Å²) in [5, 5.41) is 0. The van der Waals surface area contributed by atoms with Crippen LogP contribution >= 0.6 is 0 Å². The molecule has 0 aromatic carbocycles. The molecule has 1 fully saturated rings. The molecule has 0 saturated carbocycles. The SMILES string of the molecule is C[C@H]1CCC(OC(C)(C)C)CO1. The maximum atomic E-state index is 5.80. The van der Waals surface area contributed by atoms with Crippen molar-refractivity contribution in [1.82, 2.24) is 0 Å². The van der Waals surface area contributed by atoms with Crippen LogP contribution in [0, 0.1) is 0 Å². The van der Waals surface area contributed by atoms with Crippen LogP contribution in [0.25, 0.3) is 0 Å². The van der Waals surface area contributed by atoms with Gasteiger partial charge < -0.3 is 9.47 Å². The summed E-state index contributed by atoms with van der Waals surface area (Å²) in [6.07, 6.45) is 2.99. The first-order chi connectivity index (χ1) is 5.47. The predicted molar refractivity (Wildman–Crippen MR) is 49.3 cm³/mol. The number of hydrogen-bond donors (Lipinski definition) is 0. The molecular formula is C10H20O2. The van der Waals surface area contributed by atoms with Crippen molar-refractivity contribution in [1.29, 1.82) is 0 Å². The summed E-state index contributed by atoms with van der Waals surface area (Å²) >= 11 is 0. The molecule has 2 nitrogen and oxygen atoms in total. The van der Waals surface area contributed by atoms with Crippen molar-refractivity contribution in [2.75, 3.05) is 6.61 Å². The highest BCUT2D eigenvalue weighted by molar-refractivity contribution is 4.71. The third-order valence-corrected chi connectivity index (χ3v) is 1.98. The summed E-state index contributed by atoms with van der Waals surface area (Å²) in [5.74, 6) is 0. The van der Waals surface area contributed by atoms with E-state index in [1.54, 1.807) is 0 Å². The Morgan fingerprint density at radius 1 is 1.25 bits per heavy atom. The molecule has 0 radical (unpaired) electrons. The van der Waals surface area contributed by atoms with E-state index in [1.165, 1.54) is 0 Å². The fourth-order valence-electron chi connectivity index (χ4n) is 1.45. The van der Waals surface area contributed by atoms with Gasteiger partial charge in [0.25, 0.3) is 0 Å².